The van der Waals surface area contributed by atoms with E-state index in [1.807, 2.05) is 0 Å². The third-order valence-electron chi connectivity index (χ3n) is 6.47. The third-order valence-corrected chi connectivity index (χ3v) is 8.42. The van der Waals surface area contributed by atoms with E-state index in [1.165, 1.54) is 12.1 Å². The Morgan fingerprint density at radius 3 is 2.32 bits per heavy atom. The first-order valence-electron chi connectivity index (χ1n) is 11.2. The molecule has 0 radical (unpaired) electrons. The minimum Gasteiger partial charge on any atom is -0.351 e. The predicted molar refractivity (Wildman–Crippen MR) is 120 cm³/mol. The molecule has 1 amide bonds. The first-order valence-corrected chi connectivity index (χ1v) is 12.6. The summed E-state index contributed by atoms with van der Waals surface area (Å²) in [6, 6.07) is 6.79. The largest absolute Gasteiger partial charge is 0.451 e. The Balaban J connectivity index is 1.31. The second-order valence-electron chi connectivity index (χ2n) is 8.92. The van der Waals surface area contributed by atoms with Gasteiger partial charge in [0.1, 0.15) is 17.7 Å². The molecule has 2 aliphatic rings. The van der Waals surface area contributed by atoms with Crippen molar-refractivity contribution in [2.75, 3.05) is 0 Å². The summed E-state index contributed by atoms with van der Waals surface area (Å²) < 4.78 is 93.4. The van der Waals surface area contributed by atoms with Gasteiger partial charge in [0.25, 0.3) is 0 Å². The van der Waals surface area contributed by atoms with Crippen molar-refractivity contribution >= 4 is 15.9 Å². The molecule has 1 saturated heterocycles. The third kappa shape index (κ3) is 4.92. The van der Waals surface area contributed by atoms with E-state index in [2.05, 4.69) is 15.3 Å². The molecule has 194 valence electrons. The lowest BCUT2D eigenvalue weighted by molar-refractivity contribution is -0.145. The molecule has 1 aromatic heterocycles. The van der Waals surface area contributed by atoms with Gasteiger partial charge in [0.05, 0.1) is 4.90 Å². The number of piperidine rings is 1. The predicted octanol–water partition coefficient (Wildman–Crippen LogP) is 3.91. The van der Waals surface area contributed by atoms with Crippen LogP contribution < -0.4 is 5.32 Å². The number of carbonyl (C=O) groups excluding carboxylic acids is 1. The van der Waals surface area contributed by atoms with E-state index < -0.39 is 45.6 Å². The van der Waals surface area contributed by atoms with Gasteiger partial charge in [-0.25, -0.2) is 27.2 Å². The first-order chi connectivity index (χ1) is 17.4. The number of nitrogens with one attached hydrogen (secondary N) is 1. The summed E-state index contributed by atoms with van der Waals surface area (Å²) in [4.78, 5) is 19.5. The number of amides is 1. The minimum absolute atomic E-state index is 0.0331. The highest BCUT2D eigenvalue weighted by atomic mass is 32.2. The average molecular weight is 538 g/mol. The Morgan fingerprint density at radius 1 is 1.00 bits per heavy atom. The molecule has 1 aliphatic heterocycles. The van der Waals surface area contributed by atoms with Crippen LogP contribution in [0.5, 0.6) is 0 Å². The zero-order valence-corrected chi connectivity index (χ0v) is 19.7. The summed E-state index contributed by atoms with van der Waals surface area (Å²) in [5, 5.41) is 2.57. The zero-order chi connectivity index (χ0) is 26.5. The van der Waals surface area contributed by atoms with Crippen LogP contribution in [0, 0.1) is 17.6 Å². The fraction of sp³-hybridized carbons (Fsp3) is 0.292. The van der Waals surface area contributed by atoms with Gasteiger partial charge in [0.15, 0.2) is 0 Å². The molecule has 0 spiro atoms. The molecule has 2 fully saturated rings. The van der Waals surface area contributed by atoms with Crippen molar-refractivity contribution in [3.8, 4) is 11.1 Å². The molecule has 1 N–H and O–H groups in total. The molecule has 7 nitrogen and oxygen atoms in total. The van der Waals surface area contributed by atoms with Gasteiger partial charge >= 0.3 is 6.18 Å². The summed E-state index contributed by atoms with van der Waals surface area (Å²) in [5.41, 5.74) is 0.594. The maximum Gasteiger partial charge on any atom is 0.451 e. The monoisotopic (exact) mass is 538 g/mol. The van der Waals surface area contributed by atoms with Gasteiger partial charge in [-0.3, -0.25) is 4.79 Å². The van der Waals surface area contributed by atoms with Crippen molar-refractivity contribution in [2.24, 2.45) is 5.92 Å². The summed E-state index contributed by atoms with van der Waals surface area (Å²) in [6.45, 7) is -0.281. The molecule has 3 aromatic rings. The molecular formula is C24H19F5N4O3S. The number of rotatable bonds is 6. The van der Waals surface area contributed by atoms with Crippen molar-refractivity contribution in [3.63, 3.8) is 0 Å². The van der Waals surface area contributed by atoms with E-state index in [9.17, 15) is 35.2 Å². The van der Waals surface area contributed by atoms with E-state index in [4.69, 9.17) is 0 Å². The van der Waals surface area contributed by atoms with Gasteiger partial charge in [-0.05, 0) is 60.7 Å². The number of halogens is 5. The molecule has 2 unspecified atom stereocenters. The molecule has 13 heteroatoms. The van der Waals surface area contributed by atoms with Crippen LogP contribution in [-0.2, 0) is 27.5 Å². The molecule has 5 rings (SSSR count). The summed E-state index contributed by atoms with van der Waals surface area (Å²) in [7, 11) is -4.07. The van der Waals surface area contributed by atoms with Crippen molar-refractivity contribution in [2.45, 2.75) is 42.5 Å². The fourth-order valence-electron chi connectivity index (χ4n) is 4.53. The topological polar surface area (TPSA) is 92.3 Å². The number of benzene rings is 2. The second kappa shape index (κ2) is 9.14. The number of fused-ring (bicyclic) bond motifs is 1. The van der Waals surface area contributed by atoms with E-state index in [0.717, 1.165) is 47.0 Å². The number of hydrogen-bond donors (Lipinski definition) is 1. The number of alkyl halides is 3. The van der Waals surface area contributed by atoms with E-state index in [0.29, 0.717) is 18.4 Å². The van der Waals surface area contributed by atoms with Crippen LogP contribution >= 0.6 is 0 Å². The maximum atomic E-state index is 14.5. The number of carbonyl (C=O) groups is 1. The highest BCUT2D eigenvalue weighted by molar-refractivity contribution is 7.89. The molecule has 37 heavy (non-hydrogen) atoms. The minimum atomic E-state index is -4.70. The SMILES string of the molecule is O=C(NCc1cc(-c2cnc(C(F)(F)F)nc2)ccc1F)[C@@H]1CC2CC2N1S(=O)(=O)c1ccc(F)cc1. The highest BCUT2D eigenvalue weighted by Crippen LogP contribution is 2.50. The van der Waals surface area contributed by atoms with Crippen molar-refractivity contribution in [3.05, 3.63) is 77.9 Å². The van der Waals surface area contributed by atoms with Crippen LogP contribution in [0.3, 0.4) is 0 Å². The Kier molecular flexibility index (Phi) is 6.23. The second-order valence-corrected chi connectivity index (χ2v) is 10.8. The lowest BCUT2D eigenvalue weighted by Crippen LogP contribution is -2.47. The lowest BCUT2D eigenvalue weighted by Gasteiger charge is -2.26. The van der Waals surface area contributed by atoms with Gasteiger partial charge in [-0.15, -0.1) is 0 Å². The fourth-order valence-corrected chi connectivity index (χ4v) is 6.38. The van der Waals surface area contributed by atoms with E-state index >= 15 is 0 Å². The van der Waals surface area contributed by atoms with Crippen LogP contribution in [0.25, 0.3) is 11.1 Å². The van der Waals surface area contributed by atoms with Crippen molar-refractivity contribution in [1.29, 1.82) is 0 Å². The van der Waals surface area contributed by atoms with Gasteiger partial charge in [-0.2, -0.15) is 17.5 Å². The Labute approximate surface area is 208 Å². The zero-order valence-electron chi connectivity index (χ0n) is 18.9. The van der Waals surface area contributed by atoms with Crippen molar-refractivity contribution in [1.82, 2.24) is 19.6 Å². The van der Waals surface area contributed by atoms with Gasteiger partial charge in [0, 0.05) is 36.1 Å². The molecule has 3 atom stereocenters. The number of sulfonamides is 1. The summed E-state index contributed by atoms with van der Waals surface area (Å²) >= 11 is 0. The van der Waals surface area contributed by atoms with E-state index in [-0.39, 0.29) is 34.5 Å². The van der Waals surface area contributed by atoms with Crippen LogP contribution in [0.2, 0.25) is 0 Å². The van der Waals surface area contributed by atoms with Gasteiger partial charge < -0.3 is 5.32 Å². The Bertz CT molecular complexity index is 1450. The smallest absolute Gasteiger partial charge is 0.351 e. The van der Waals surface area contributed by atoms with Crippen LogP contribution in [0.15, 0.2) is 59.8 Å². The standard InChI is InChI=1S/C24H19F5N4O3S/c25-17-2-4-18(5-3-17)37(35,36)33-20-8-14(20)9-21(33)22(34)30-10-15-7-13(1-6-19(15)26)16-11-31-23(32-12-16)24(27,28)29/h1-7,11-12,14,20-21H,8-10H2,(H,30,34)/t14?,20?,21-/m0/s1. The molecule has 0 bridgehead atoms. The van der Waals surface area contributed by atoms with Crippen molar-refractivity contribution < 1.29 is 35.2 Å². The Hall–Kier alpha value is -3.45. The average Bonchev–Trinajstić information content (AvgIpc) is 3.51. The molecule has 1 aliphatic carbocycles. The highest BCUT2D eigenvalue weighted by Gasteiger charge is 2.58. The van der Waals surface area contributed by atoms with Crippen LogP contribution in [-0.4, -0.2) is 40.7 Å². The van der Waals surface area contributed by atoms with E-state index in [1.54, 1.807) is 0 Å². The number of hydrogen-bond acceptors (Lipinski definition) is 5. The van der Waals surface area contributed by atoms with Crippen LogP contribution in [0.4, 0.5) is 22.0 Å². The molecular weight excluding hydrogens is 519 g/mol. The maximum absolute atomic E-state index is 14.5. The molecule has 2 aromatic carbocycles. The molecule has 1 saturated carbocycles. The first kappa shape index (κ1) is 25.2. The normalized spacial score (nSPS) is 21.5. The lowest BCUT2D eigenvalue weighted by atomic mass is 10.0. The van der Waals surface area contributed by atoms with Gasteiger partial charge in [0.2, 0.25) is 21.8 Å². The van der Waals surface area contributed by atoms with Gasteiger partial charge in [-0.1, -0.05) is 6.07 Å². The summed E-state index contributed by atoms with van der Waals surface area (Å²) in [5.74, 6) is -3.14. The molecule has 2 heterocycles. The Morgan fingerprint density at radius 2 is 1.68 bits per heavy atom. The summed E-state index contributed by atoms with van der Waals surface area (Å²) in [6.07, 6.45) is -1.84. The number of nitrogens with zero attached hydrogens (tertiary/aromatic N) is 3. The quantitative estimate of drug-likeness (QED) is 0.481. The number of aromatic nitrogens is 2. The van der Waals surface area contributed by atoms with Crippen LogP contribution in [0.1, 0.15) is 24.2 Å².